The highest BCUT2D eigenvalue weighted by atomic mass is 19.1. The second-order valence-electron chi connectivity index (χ2n) is 9.56. The van der Waals surface area contributed by atoms with Crippen LogP contribution in [0.15, 0.2) is 18.3 Å². The van der Waals surface area contributed by atoms with E-state index in [0.717, 1.165) is 48.1 Å². The summed E-state index contributed by atoms with van der Waals surface area (Å²) in [5.74, 6) is 0.437. The predicted molar refractivity (Wildman–Crippen MR) is 131 cm³/mol. The topological polar surface area (TPSA) is 107 Å². The number of aryl methyl sites for hydroxylation is 3. The van der Waals surface area contributed by atoms with Crippen LogP contribution in [0.4, 0.5) is 10.2 Å². The van der Waals surface area contributed by atoms with Gasteiger partial charge < -0.3 is 19.7 Å². The van der Waals surface area contributed by atoms with Crippen LogP contribution < -0.4 is 14.8 Å². The van der Waals surface area contributed by atoms with Gasteiger partial charge in [0, 0.05) is 37.3 Å². The van der Waals surface area contributed by atoms with Gasteiger partial charge in [-0.1, -0.05) is 0 Å². The molecule has 190 valence electrons. The minimum Gasteiger partial charge on any atom is -0.481 e. The van der Waals surface area contributed by atoms with Crippen LogP contribution in [0.25, 0.3) is 11.4 Å². The molecule has 0 unspecified atom stereocenters. The zero-order valence-electron chi connectivity index (χ0n) is 21.1. The number of ether oxygens (including phenoxy) is 2. The molecular weight excluding hydrogens is 465 g/mol. The number of nitrogens with one attached hydrogen (secondary N) is 1. The Kier molecular flexibility index (Phi) is 6.01. The summed E-state index contributed by atoms with van der Waals surface area (Å²) in [5, 5.41) is 8.09. The summed E-state index contributed by atoms with van der Waals surface area (Å²) in [4.78, 5) is 28.3. The van der Waals surface area contributed by atoms with Crippen molar-refractivity contribution in [1.29, 1.82) is 0 Å². The Balaban J connectivity index is 1.33. The molecule has 1 N–H and O–H groups in total. The molecule has 5 rings (SSSR count). The Hall–Kier alpha value is -3.76. The SMILES string of the molecule is COc1cc([C@@H](C)C(=O)N2CC[C@@]3(CCc4cc(-c5nc(OC)n(C)n5)c(C)nc4N3)C2)c(F)cn1. The number of hydrogen-bond acceptors (Lipinski definition) is 8. The predicted octanol–water partition coefficient (Wildman–Crippen LogP) is 2.87. The van der Waals surface area contributed by atoms with E-state index >= 15 is 0 Å². The van der Waals surface area contributed by atoms with Gasteiger partial charge in [-0.3, -0.25) is 4.79 Å². The highest BCUT2D eigenvalue weighted by Gasteiger charge is 2.43. The highest BCUT2D eigenvalue weighted by Crippen LogP contribution is 2.39. The Morgan fingerprint density at radius 1 is 1.22 bits per heavy atom. The Labute approximate surface area is 208 Å². The first-order chi connectivity index (χ1) is 17.2. The second-order valence-corrected chi connectivity index (χ2v) is 9.56. The fourth-order valence-electron chi connectivity index (χ4n) is 5.17. The van der Waals surface area contributed by atoms with Gasteiger partial charge in [-0.25, -0.2) is 19.0 Å². The minimum absolute atomic E-state index is 0.110. The van der Waals surface area contributed by atoms with Crippen molar-refractivity contribution in [1.82, 2.24) is 29.6 Å². The second kappa shape index (κ2) is 9.03. The maximum atomic E-state index is 14.4. The minimum atomic E-state index is -0.640. The van der Waals surface area contributed by atoms with Crippen LogP contribution in [-0.2, 0) is 18.3 Å². The largest absolute Gasteiger partial charge is 0.481 e. The molecule has 0 saturated carbocycles. The van der Waals surface area contributed by atoms with Crippen LogP contribution in [0.3, 0.4) is 0 Å². The van der Waals surface area contributed by atoms with Crippen molar-refractivity contribution in [2.45, 2.75) is 44.6 Å². The van der Waals surface area contributed by atoms with Gasteiger partial charge in [0.2, 0.25) is 11.8 Å². The average molecular weight is 496 g/mol. The van der Waals surface area contributed by atoms with E-state index in [-0.39, 0.29) is 17.3 Å². The number of rotatable bonds is 5. The molecule has 2 aliphatic heterocycles. The summed E-state index contributed by atoms with van der Waals surface area (Å²) in [5.41, 5.74) is 2.81. The maximum Gasteiger partial charge on any atom is 0.314 e. The molecule has 11 heteroatoms. The average Bonchev–Trinajstić information content (AvgIpc) is 3.46. The van der Waals surface area contributed by atoms with Crippen molar-refractivity contribution in [3.63, 3.8) is 0 Å². The van der Waals surface area contributed by atoms with Crippen molar-refractivity contribution in [3.05, 3.63) is 41.0 Å². The third kappa shape index (κ3) is 4.12. The summed E-state index contributed by atoms with van der Waals surface area (Å²) in [7, 11) is 4.82. The summed E-state index contributed by atoms with van der Waals surface area (Å²) in [6.45, 7) is 4.80. The molecule has 36 heavy (non-hydrogen) atoms. The van der Waals surface area contributed by atoms with Crippen molar-refractivity contribution >= 4 is 11.7 Å². The number of aromatic nitrogens is 5. The first-order valence-electron chi connectivity index (χ1n) is 12.0. The Morgan fingerprint density at radius 3 is 2.75 bits per heavy atom. The standard InChI is InChI=1S/C25H30FN7O3/c1-14(17-11-20(35-4)27-12-19(17)26)23(34)33-9-8-25(13-33)7-6-16-10-18(15(2)28-21(16)30-25)22-29-24(36-5)32(3)31-22/h10-12,14H,6-9,13H2,1-5H3,(H,28,30)/t14-,25+/m1/s1. The van der Waals surface area contributed by atoms with Crippen LogP contribution in [0.5, 0.6) is 11.9 Å². The van der Waals surface area contributed by atoms with E-state index in [1.807, 2.05) is 11.8 Å². The number of nitrogens with zero attached hydrogens (tertiary/aromatic N) is 6. The van der Waals surface area contributed by atoms with E-state index in [1.165, 1.54) is 13.2 Å². The number of hydrogen-bond donors (Lipinski definition) is 1. The molecule has 0 bridgehead atoms. The van der Waals surface area contributed by atoms with Gasteiger partial charge in [-0.05, 0) is 44.7 Å². The van der Waals surface area contributed by atoms with E-state index in [0.29, 0.717) is 30.5 Å². The van der Waals surface area contributed by atoms with E-state index in [9.17, 15) is 9.18 Å². The third-order valence-corrected chi connectivity index (χ3v) is 7.27. The first-order valence-corrected chi connectivity index (χ1v) is 12.0. The number of halogens is 1. The highest BCUT2D eigenvalue weighted by molar-refractivity contribution is 5.84. The van der Waals surface area contributed by atoms with Gasteiger partial charge in [0.15, 0.2) is 5.82 Å². The van der Waals surface area contributed by atoms with Crippen LogP contribution in [-0.4, -0.2) is 68.4 Å². The molecule has 10 nitrogen and oxygen atoms in total. The normalized spacial score (nSPS) is 19.7. The van der Waals surface area contributed by atoms with Gasteiger partial charge in [0.05, 0.1) is 37.6 Å². The summed E-state index contributed by atoms with van der Waals surface area (Å²) < 4.78 is 26.4. The van der Waals surface area contributed by atoms with Gasteiger partial charge in [0.25, 0.3) is 0 Å². The molecule has 1 spiro atoms. The van der Waals surface area contributed by atoms with Crippen LogP contribution in [0, 0.1) is 12.7 Å². The molecule has 0 radical (unpaired) electrons. The van der Waals surface area contributed by atoms with Crippen LogP contribution in [0.1, 0.15) is 42.5 Å². The number of pyridine rings is 2. The molecule has 1 fully saturated rings. The van der Waals surface area contributed by atoms with E-state index in [1.54, 1.807) is 25.8 Å². The van der Waals surface area contributed by atoms with Crippen LogP contribution >= 0.6 is 0 Å². The molecule has 3 aromatic heterocycles. The quantitative estimate of drug-likeness (QED) is 0.576. The maximum absolute atomic E-state index is 14.4. The smallest absolute Gasteiger partial charge is 0.314 e. The molecule has 1 saturated heterocycles. The lowest BCUT2D eigenvalue weighted by Gasteiger charge is -2.36. The molecule has 0 aromatic carbocycles. The molecule has 1 amide bonds. The monoisotopic (exact) mass is 495 g/mol. The van der Waals surface area contributed by atoms with Crippen molar-refractivity contribution < 1.29 is 18.7 Å². The number of likely N-dealkylation sites (tertiary alicyclic amines) is 1. The molecule has 5 heterocycles. The van der Waals surface area contributed by atoms with Gasteiger partial charge in [0.1, 0.15) is 11.6 Å². The molecule has 2 aliphatic rings. The van der Waals surface area contributed by atoms with Crippen LogP contribution in [0.2, 0.25) is 0 Å². The molecule has 0 aliphatic carbocycles. The number of carbonyl (C=O) groups is 1. The summed E-state index contributed by atoms with van der Waals surface area (Å²) in [6, 6.07) is 4.02. The Morgan fingerprint density at radius 2 is 2.03 bits per heavy atom. The number of amides is 1. The number of fused-ring (bicyclic) bond motifs is 1. The zero-order valence-corrected chi connectivity index (χ0v) is 21.1. The van der Waals surface area contributed by atoms with Crippen molar-refractivity contribution in [2.75, 3.05) is 32.6 Å². The van der Waals surface area contributed by atoms with E-state index < -0.39 is 11.7 Å². The lowest BCUT2D eigenvalue weighted by atomic mass is 9.86. The third-order valence-electron chi connectivity index (χ3n) is 7.27. The van der Waals surface area contributed by atoms with Gasteiger partial charge in [-0.2, -0.15) is 4.98 Å². The van der Waals surface area contributed by atoms with Gasteiger partial charge >= 0.3 is 6.01 Å². The molecule has 3 aromatic rings. The lowest BCUT2D eigenvalue weighted by Crippen LogP contribution is -2.46. The Bertz CT molecular complexity index is 1330. The lowest BCUT2D eigenvalue weighted by molar-refractivity contribution is -0.131. The number of carbonyl (C=O) groups excluding carboxylic acids is 1. The number of methoxy groups -OCH3 is 2. The van der Waals surface area contributed by atoms with Gasteiger partial charge in [-0.15, -0.1) is 5.10 Å². The fraction of sp³-hybridized carbons (Fsp3) is 0.480. The van der Waals surface area contributed by atoms with E-state index in [4.69, 9.17) is 14.5 Å². The summed E-state index contributed by atoms with van der Waals surface area (Å²) >= 11 is 0. The summed E-state index contributed by atoms with van der Waals surface area (Å²) in [6.07, 6.45) is 3.58. The van der Waals surface area contributed by atoms with E-state index in [2.05, 4.69) is 26.4 Å². The zero-order chi connectivity index (χ0) is 25.6. The van der Waals surface area contributed by atoms with Crippen molar-refractivity contribution in [2.24, 2.45) is 7.05 Å². The fourth-order valence-corrected chi connectivity index (χ4v) is 5.17. The molecule has 2 atom stereocenters. The first kappa shape index (κ1) is 24.0. The van der Waals surface area contributed by atoms with Crippen molar-refractivity contribution in [3.8, 4) is 23.3 Å². The number of anilines is 1. The molecular formula is C25H30FN7O3.